The number of fused-ring (bicyclic) bond motifs is 2. The summed E-state index contributed by atoms with van der Waals surface area (Å²) >= 11 is 12.0. The summed E-state index contributed by atoms with van der Waals surface area (Å²) in [6.07, 6.45) is 3.30. The van der Waals surface area contributed by atoms with Gasteiger partial charge >= 0.3 is 0 Å². The smallest absolute Gasteiger partial charge is 0.153 e. The van der Waals surface area contributed by atoms with E-state index in [-0.39, 0.29) is 5.78 Å². The molecule has 0 aliphatic carbocycles. The lowest BCUT2D eigenvalue weighted by molar-refractivity contribution is -0.121. The highest BCUT2D eigenvalue weighted by Crippen LogP contribution is 2.27. The van der Waals surface area contributed by atoms with Gasteiger partial charge in [0.1, 0.15) is 16.1 Å². The number of ketones is 1. The van der Waals surface area contributed by atoms with Gasteiger partial charge in [0.2, 0.25) is 0 Å². The van der Waals surface area contributed by atoms with Gasteiger partial charge in [0, 0.05) is 0 Å². The van der Waals surface area contributed by atoms with Gasteiger partial charge in [-0.05, 0) is 38.1 Å². The highest BCUT2D eigenvalue weighted by Gasteiger charge is 2.28. The summed E-state index contributed by atoms with van der Waals surface area (Å²) in [7, 11) is 0. The van der Waals surface area contributed by atoms with E-state index in [1.165, 1.54) is 0 Å². The molecule has 0 radical (unpaired) electrons. The molecular weight excluding hydrogens is 375 g/mol. The molecule has 0 N–H and O–H groups in total. The highest BCUT2D eigenvalue weighted by molar-refractivity contribution is 6.29. The summed E-state index contributed by atoms with van der Waals surface area (Å²) in [5.74, 6) is -0.872. The van der Waals surface area contributed by atoms with Crippen LogP contribution in [0.5, 0.6) is 0 Å². The molecule has 0 saturated carbocycles. The molecule has 9 heteroatoms. The van der Waals surface area contributed by atoms with Gasteiger partial charge in [-0.1, -0.05) is 23.2 Å². The zero-order chi connectivity index (χ0) is 18.4. The quantitative estimate of drug-likeness (QED) is 0.534. The number of nitrogens with zero attached hydrogens (tertiary/aromatic N) is 6. The summed E-state index contributed by atoms with van der Waals surface area (Å²) in [4.78, 5) is 21.7. The zero-order valence-corrected chi connectivity index (χ0v) is 15.5. The number of imidazole rings is 2. The van der Waals surface area contributed by atoms with Crippen molar-refractivity contribution in [3.8, 4) is 0 Å². The third-order valence-electron chi connectivity index (χ3n) is 4.45. The normalized spacial score (nSPS) is 14.0. The van der Waals surface area contributed by atoms with Crippen molar-refractivity contribution in [1.82, 2.24) is 29.2 Å². The van der Waals surface area contributed by atoms with E-state index >= 15 is 0 Å². The second-order valence-corrected chi connectivity index (χ2v) is 6.84. The molecule has 0 amide bonds. The number of aromatic nitrogens is 6. The Labute approximate surface area is 158 Å². The zero-order valence-electron chi connectivity index (χ0n) is 14.0. The largest absolute Gasteiger partial charge is 0.298 e. The predicted molar refractivity (Wildman–Crippen MR) is 97.8 cm³/mol. The summed E-state index contributed by atoms with van der Waals surface area (Å²) in [5, 5.41) is 9.16. The maximum atomic E-state index is 13.1. The molecule has 2 atom stereocenters. The third-order valence-corrected chi connectivity index (χ3v) is 4.86. The lowest BCUT2D eigenvalue weighted by Crippen LogP contribution is -2.20. The van der Waals surface area contributed by atoms with Gasteiger partial charge < -0.3 is 0 Å². The van der Waals surface area contributed by atoms with Crippen LogP contribution in [0.2, 0.25) is 10.3 Å². The van der Waals surface area contributed by atoms with Crippen LogP contribution in [0, 0.1) is 0 Å². The van der Waals surface area contributed by atoms with Crippen molar-refractivity contribution in [3.63, 3.8) is 0 Å². The average molecular weight is 389 g/mol. The number of halogens is 2. The van der Waals surface area contributed by atoms with E-state index in [4.69, 9.17) is 23.2 Å². The van der Waals surface area contributed by atoms with Crippen molar-refractivity contribution < 1.29 is 4.79 Å². The first kappa shape index (κ1) is 16.9. The Morgan fingerprint density at radius 3 is 1.69 bits per heavy atom. The molecule has 26 heavy (non-hydrogen) atoms. The SMILES string of the molecule is CC(C(=O)C(C)c1cnc2ccc(Cl)nn12)c1cnc2ccc(Cl)nn12. The lowest BCUT2D eigenvalue weighted by atomic mass is 9.91. The molecule has 2 unspecified atom stereocenters. The standard InChI is InChI=1S/C17H14Cl2N6O/c1-9(11-7-20-15-5-3-13(18)22-24(11)15)17(26)10(2)12-8-21-16-6-4-14(19)23-25(12)16/h3-10H,1-2H3. The Morgan fingerprint density at radius 2 is 1.27 bits per heavy atom. The molecule has 0 fully saturated rings. The first-order valence-electron chi connectivity index (χ1n) is 8.00. The van der Waals surface area contributed by atoms with Gasteiger partial charge in [0.25, 0.3) is 0 Å². The van der Waals surface area contributed by atoms with Gasteiger partial charge in [-0.2, -0.15) is 10.2 Å². The van der Waals surface area contributed by atoms with Crippen LogP contribution in [-0.4, -0.2) is 35.0 Å². The first-order chi connectivity index (χ1) is 12.5. The Morgan fingerprint density at radius 1 is 0.846 bits per heavy atom. The molecule has 0 spiro atoms. The third kappa shape index (κ3) is 2.73. The van der Waals surface area contributed by atoms with Crippen molar-refractivity contribution in [2.75, 3.05) is 0 Å². The number of rotatable bonds is 4. The maximum Gasteiger partial charge on any atom is 0.153 e. The molecule has 4 aromatic heterocycles. The number of Topliss-reactive ketones (excluding diaryl/α,β-unsaturated/α-hetero) is 1. The van der Waals surface area contributed by atoms with Crippen LogP contribution >= 0.6 is 23.2 Å². The summed E-state index contributed by atoms with van der Waals surface area (Å²) in [6.45, 7) is 3.66. The summed E-state index contributed by atoms with van der Waals surface area (Å²) in [6, 6.07) is 6.85. The van der Waals surface area contributed by atoms with Gasteiger partial charge in [0.15, 0.2) is 11.3 Å². The maximum absolute atomic E-state index is 13.1. The molecule has 0 bridgehead atoms. The minimum absolute atomic E-state index is 0.00264. The van der Waals surface area contributed by atoms with Crippen molar-refractivity contribution in [3.05, 3.63) is 58.4 Å². The van der Waals surface area contributed by atoms with E-state index in [1.54, 1.807) is 45.7 Å². The van der Waals surface area contributed by atoms with Crippen LogP contribution in [0.25, 0.3) is 11.3 Å². The van der Waals surface area contributed by atoms with Crippen molar-refractivity contribution >= 4 is 40.3 Å². The highest BCUT2D eigenvalue weighted by atomic mass is 35.5. The molecule has 132 valence electrons. The molecule has 7 nitrogen and oxygen atoms in total. The molecule has 0 aliphatic rings. The Bertz CT molecular complexity index is 1050. The number of hydrogen-bond donors (Lipinski definition) is 0. The Balaban J connectivity index is 1.71. The molecule has 4 heterocycles. The fourth-order valence-corrected chi connectivity index (χ4v) is 3.27. The van der Waals surface area contributed by atoms with Crippen LogP contribution in [0.3, 0.4) is 0 Å². The van der Waals surface area contributed by atoms with Crippen LogP contribution in [-0.2, 0) is 4.79 Å². The van der Waals surface area contributed by atoms with Crippen LogP contribution in [0.1, 0.15) is 37.1 Å². The first-order valence-corrected chi connectivity index (χ1v) is 8.75. The van der Waals surface area contributed by atoms with E-state index in [0.29, 0.717) is 33.0 Å². The molecule has 0 aromatic carbocycles. The second-order valence-electron chi connectivity index (χ2n) is 6.06. The van der Waals surface area contributed by atoms with Gasteiger partial charge in [-0.15, -0.1) is 0 Å². The monoisotopic (exact) mass is 388 g/mol. The van der Waals surface area contributed by atoms with E-state index in [2.05, 4.69) is 20.2 Å². The van der Waals surface area contributed by atoms with E-state index < -0.39 is 11.8 Å². The predicted octanol–water partition coefficient (Wildman–Crippen LogP) is 3.56. The van der Waals surface area contributed by atoms with Gasteiger partial charge in [0.05, 0.1) is 35.6 Å². The van der Waals surface area contributed by atoms with E-state index in [1.807, 2.05) is 13.8 Å². The second kappa shape index (κ2) is 6.34. The number of carbonyl (C=O) groups excluding carboxylic acids is 1. The molecule has 0 aliphatic heterocycles. The Hall–Kier alpha value is -2.51. The average Bonchev–Trinajstić information content (AvgIpc) is 3.23. The van der Waals surface area contributed by atoms with Crippen molar-refractivity contribution in [1.29, 1.82) is 0 Å². The molecular formula is C17H14Cl2N6O. The van der Waals surface area contributed by atoms with Crippen LogP contribution in [0.4, 0.5) is 0 Å². The Kier molecular flexibility index (Phi) is 4.13. The molecule has 0 saturated heterocycles. The number of hydrogen-bond acceptors (Lipinski definition) is 5. The van der Waals surface area contributed by atoms with E-state index in [0.717, 1.165) is 0 Å². The fraction of sp³-hybridized carbons (Fsp3) is 0.235. The lowest BCUT2D eigenvalue weighted by Gasteiger charge is -2.15. The topological polar surface area (TPSA) is 77.5 Å². The van der Waals surface area contributed by atoms with E-state index in [9.17, 15) is 4.79 Å². The van der Waals surface area contributed by atoms with Crippen molar-refractivity contribution in [2.24, 2.45) is 0 Å². The summed E-state index contributed by atoms with van der Waals surface area (Å²) in [5.41, 5.74) is 2.64. The van der Waals surface area contributed by atoms with Crippen molar-refractivity contribution in [2.45, 2.75) is 25.7 Å². The fourth-order valence-electron chi connectivity index (χ4n) is 2.99. The number of carbonyl (C=O) groups is 1. The van der Waals surface area contributed by atoms with Gasteiger partial charge in [-0.3, -0.25) is 4.79 Å². The molecule has 4 aromatic rings. The van der Waals surface area contributed by atoms with Gasteiger partial charge in [-0.25, -0.2) is 19.0 Å². The summed E-state index contributed by atoms with van der Waals surface area (Å²) < 4.78 is 3.20. The van der Waals surface area contributed by atoms with Crippen LogP contribution < -0.4 is 0 Å². The minimum Gasteiger partial charge on any atom is -0.298 e. The minimum atomic E-state index is -0.435. The van der Waals surface area contributed by atoms with Crippen LogP contribution in [0.15, 0.2) is 36.7 Å². The molecule has 4 rings (SSSR count).